The first-order valence-corrected chi connectivity index (χ1v) is 6.23. The first-order chi connectivity index (χ1) is 8.43. The molecule has 0 aromatic carbocycles. The Labute approximate surface area is 104 Å². The van der Waals surface area contributed by atoms with Gasteiger partial charge in [-0.25, -0.2) is 0 Å². The number of pyridine rings is 1. The number of nitrogens with one attached hydrogen (secondary N) is 2. The Morgan fingerprint density at radius 3 is 2.71 bits per heavy atom. The molecule has 4 nitrogen and oxygen atoms in total. The summed E-state index contributed by atoms with van der Waals surface area (Å²) in [7, 11) is 1.72. The van der Waals surface area contributed by atoms with Gasteiger partial charge in [-0.05, 0) is 44.1 Å². The number of ether oxygens (including phenoxy) is 1. The lowest BCUT2D eigenvalue weighted by Gasteiger charge is -2.06. The molecule has 1 aromatic heterocycles. The van der Waals surface area contributed by atoms with Crippen LogP contribution in [-0.4, -0.2) is 44.9 Å². The molecule has 0 aliphatic carbocycles. The minimum Gasteiger partial charge on any atom is -0.383 e. The number of rotatable bonds is 10. The summed E-state index contributed by atoms with van der Waals surface area (Å²) in [6.45, 7) is 4.84. The normalized spacial score (nSPS) is 10.6. The van der Waals surface area contributed by atoms with Crippen LogP contribution in [0.4, 0.5) is 0 Å². The van der Waals surface area contributed by atoms with E-state index in [9.17, 15) is 0 Å². The average molecular weight is 237 g/mol. The van der Waals surface area contributed by atoms with Crippen molar-refractivity contribution in [1.29, 1.82) is 0 Å². The highest BCUT2D eigenvalue weighted by Gasteiger charge is 1.92. The highest BCUT2D eigenvalue weighted by atomic mass is 16.5. The van der Waals surface area contributed by atoms with E-state index in [1.54, 1.807) is 7.11 Å². The summed E-state index contributed by atoms with van der Waals surface area (Å²) in [5.41, 5.74) is 1.29. The van der Waals surface area contributed by atoms with Crippen molar-refractivity contribution < 1.29 is 4.74 Å². The van der Waals surface area contributed by atoms with E-state index in [0.29, 0.717) is 0 Å². The lowest BCUT2D eigenvalue weighted by atomic mass is 10.2. The quantitative estimate of drug-likeness (QED) is 0.592. The molecule has 0 saturated carbocycles. The fourth-order valence-electron chi connectivity index (χ4n) is 1.54. The Morgan fingerprint density at radius 2 is 2.00 bits per heavy atom. The molecule has 0 unspecified atom stereocenters. The van der Waals surface area contributed by atoms with Gasteiger partial charge in [0.05, 0.1) is 6.61 Å². The van der Waals surface area contributed by atoms with Gasteiger partial charge in [0.15, 0.2) is 0 Å². The summed E-state index contributed by atoms with van der Waals surface area (Å²) in [6, 6.07) is 4.09. The largest absolute Gasteiger partial charge is 0.383 e. The summed E-state index contributed by atoms with van der Waals surface area (Å²) >= 11 is 0. The fourth-order valence-corrected chi connectivity index (χ4v) is 1.54. The second-order valence-corrected chi connectivity index (χ2v) is 3.96. The molecule has 1 aromatic rings. The maximum Gasteiger partial charge on any atom is 0.0587 e. The van der Waals surface area contributed by atoms with Crippen LogP contribution in [-0.2, 0) is 11.2 Å². The Kier molecular flexibility index (Phi) is 8.46. The van der Waals surface area contributed by atoms with Gasteiger partial charge in [-0.2, -0.15) is 0 Å². The van der Waals surface area contributed by atoms with Gasteiger partial charge in [0.1, 0.15) is 0 Å². The lowest BCUT2D eigenvalue weighted by Crippen LogP contribution is -2.25. The van der Waals surface area contributed by atoms with Gasteiger partial charge in [-0.1, -0.05) is 6.07 Å². The zero-order valence-corrected chi connectivity index (χ0v) is 10.6. The standard InChI is InChI=1S/C13H23N3O/c1-17-11-10-15-8-3-7-14-9-5-13-4-2-6-16-12-13/h2,4,6,12,14-15H,3,5,7-11H2,1H3. The SMILES string of the molecule is COCCNCCCNCCc1cccnc1. The zero-order valence-electron chi connectivity index (χ0n) is 10.6. The van der Waals surface area contributed by atoms with E-state index < -0.39 is 0 Å². The first-order valence-electron chi connectivity index (χ1n) is 6.23. The molecule has 0 spiro atoms. The molecule has 0 fully saturated rings. The maximum absolute atomic E-state index is 4.95. The predicted octanol–water partition coefficient (Wildman–Crippen LogP) is 0.840. The molecule has 96 valence electrons. The average Bonchev–Trinajstić information content (AvgIpc) is 2.38. The zero-order chi connectivity index (χ0) is 12.2. The van der Waals surface area contributed by atoms with Gasteiger partial charge in [-0.15, -0.1) is 0 Å². The van der Waals surface area contributed by atoms with E-state index in [1.807, 2.05) is 18.5 Å². The first kappa shape index (κ1) is 14.1. The highest BCUT2D eigenvalue weighted by molar-refractivity contribution is 5.08. The second kappa shape index (κ2) is 10.2. The van der Waals surface area contributed by atoms with E-state index in [0.717, 1.165) is 45.6 Å². The number of nitrogens with zero attached hydrogens (tertiary/aromatic N) is 1. The van der Waals surface area contributed by atoms with Gasteiger partial charge < -0.3 is 15.4 Å². The van der Waals surface area contributed by atoms with E-state index >= 15 is 0 Å². The lowest BCUT2D eigenvalue weighted by molar-refractivity contribution is 0.199. The van der Waals surface area contributed by atoms with Crippen LogP contribution in [0.15, 0.2) is 24.5 Å². The molecular weight excluding hydrogens is 214 g/mol. The van der Waals surface area contributed by atoms with Gasteiger partial charge in [0, 0.05) is 26.0 Å². The molecule has 2 N–H and O–H groups in total. The molecule has 4 heteroatoms. The van der Waals surface area contributed by atoms with Gasteiger partial charge in [0.25, 0.3) is 0 Å². The Balaban J connectivity index is 1.85. The van der Waals surface area contributed by atoms with Gasteiger partial charge in [0.2, 0.25) is 0 Å². The molecule has 0 aliphatic heterocycles. The van der Waals surface area contributed by atoms with Crippen molar-refractivity contribution in [2.75, 3.05) is 39.9 Å². The van der Waals surface area contributed by atoms with Gasteiger partial charge >= 0.3 is 0 Å². The third kappa shape index (κ3) is 7.85. The smallest absolute Gasteiger partial charge is 0.0587 e. The van der Waals surface area contributed by atoms with E-state index in [1.165, 1.54) is 5.56 Å². The van der Waals surface area contributed by atoms with Crippen molar-refractivity contribution in [2.24, 2.45) is 0 Å². The number of aromatic nitrogens is 1. The van der Waals surface area contributed by atoms with Crippen molar-refractivity contribution >= 4 is 0 Å². The van der Waals surface area contributed by atoms with Crippen molar-refractivity contribution in [1.82, 2.24) is 15.6 Å². The van der Waals surface area contributed by atoms with Crippen molar-refractivity contribution in [3.63, 3.8) is 0 Å². The molecule has 0 bridgehead atoms. The number of hydrogen-bond donors (Lipinski definition) is 2. The Hall–Kier alpha value is -0.970. The highest BCUT2D eigenvalue weighted by Crippen LogP contribution is 1.95. The molecule has 1 heterocycles. The second-order valence-electron chi connectivity index (χ2n) is 3.96. The van der Waals surface area contributed by atoms with E-state index in [4.69, 9.17) is 4.74 Å². The molecule has 0 amide bonds. The van der Waals surface area contributed by atoms with Crippen LogP contribution in [0.3, 0.4) is 0 Å². The summed E-state index contributed by atoms with van der Waals surface area (Å²) in [4.78, 5) is 4.09. The number of methoxy groups -OCH3 is 1. The maximum atomic E-state index is 4.95. The third-order valence-corrected chi connectivity index (χ3v) is 2.50. The number of hydrogen-bond acceptors (Lipinski definition) is 4. The van der Waals surface area contributed by atoms with E-state index in [2.05, 4.69) is 21.7 Å². The monoisotopic (exact) mass is 237 g/mol. The van der Waals surface area contributed by atoms with Crippen molar-refractivity contribution in [3.05, 3.63) is 30.1 Å². The predicted molar refractivity (Wildman–Crippen MR) is 70.2 cm³/mol. The van der Waals surface area contributed by atoms with Crippen molar-refractivity contribution in [2.45, 2.75) is 12.8 Å². The fraction of sp³-hybridized carbons (Fsp3) is 0.615. The molecule has 0 atom stereocenters. The molecule has 1 rings (SSSR count). The van der Waals surface area contributed by atoms with Crippen LogP contribution in [0.25, 0.3) is 0 Å². The van der Waals surface area contributed by atoms with Gasteiger partial charge in [-0.3, -0.25) is 4.98 Å². The van der Waals surface area contributed by atoms with Crippen LogP contribution in [0.5, 0.6) is 0 Å². The topological polar surface area (TPSA) is 46.2 Å². The molecule has 17 heavy (non-hydrogen) atoms. The summed E-state index contributed by atoms with van der Waals surface area (Å²) in [5.74, 6) is 0. The van der Waals surface area contributed by atoms with Crippen LogP contribution in [0, 0.1) is 0 Å². The Bertz CT molecular complexity index is 267. The van der Waals surface area contributed by atoms with Crippen LogP contribution in [0.2, 0.25) is 0 Å². The van der Waals surface area contributed by atoms with Crippen LogP contribution in [0.1, 0.15) is 12.0 Å². The Morgan fingerprint density at radius 1 is 1.18 bits per heavy atom. The summed E-state index contributed by atoms with van der Waals surface area (Å²) in [6.07, 6.45) is 5.93. The molecular formula is C13H23N3O. The van der Waals surface area contributed by atoms with Crippen molar-refractivity contribution in [3.8, 4) is 0 Å². The minimum absolute atomic E-state index is 0.786. The summed E-state index contributed by atoms with van der Waals surface area (Å²) < 4.78 is 4.95. The third-order valence-electron chi connectivity index (χ3n) is 2.50. The minimum atomic E-state index is 0.786. The van der Waals surface area contributed by atoms with Crippen LogP contribution < -0.4 is 10.6 Å². The van der Waals surface area contributed by atoms with Crippen LogP contribution >= 0.6 is 0 Å². The molecule has 0 radical (unpaired) electrons. The van der Waals surface area contributed by atoms with E-state index in [-0.39, 0.29) is 0 Å². The molecule has 0 aliphatic rings. The summed E-state index contributed by atoms with van der Waals surface area (Å²) in [5, 5.41) is 6.75. The molecule has 0 saturated heterocycles.